The number of benzene rings is 3. The summed E-state index contributed by atoms with van der Waals surface area (Å²) in [4.78, 5) is 19.8. The third-order valence-electron chi connectivity index (χ3n) is 5.37. The van der Waals surface area contributed by atoms with Gasteiger partial charge in [0.05, 0.1) is 29.6 Å². The Morgan fingerprint density at radius 3 is 2.42 bits per heavy atom. The van der Waals surface area contributed by atoms with Crippen molar-refractivity contribution in [2.45, 2.75) is 19.4 Å². The van der Waals surface area contributed by atoms with Crippen molar-refractivity contribution in [1.29, 1.82) is 0 Å². The van der Waals surface area contributed by atoms with Crippen LogP contribution in [0.15, 0.2) is 76.2 Å². The molecule has 0 radical (unpaired) electrons. The van der Waals surface area contributed by atoms with E-state index in [0.29, 0.717) is 28.0 Å². The van der Waals surface area contributed by atoms with Crippen molar-refractivity contribution < 1.29 is 14.6 Å². The molecule has 3 aromatic carbocycles. The first-order chi connectivity index (χ1) is 15.7. The van der Waals surface area contributed by atoms with E-state index in [2.05, 4.69) is 20.9 Å². The molecular weight excluding hydrogens is 482 g/mol. The lowest BCUT2D eigenvalue weighted by Gasteiger charge is -2.21. The van der Waals surface area contributed by atoms with Crippen LogP contribution in [0, 0.1) is 0 Å². The molecule has 0 aliphatic carbocycles. The second kappa shape index (κ2) is 8.84. The Labute approximate surface area is 200 Å². The predicted molar refractivity (Wildman–Crippen MR) is 134 cm³/mol. The standard InChI is InChI=1S/C26H24BrN3O3/c1-26(2,28)19-12-10-17(14-20(19)27)29-23(15-7-5-4-6-8-15)22-18-11-9-16(25(32)33-3)13-21(18)30-24(22)31/h4-14,30-31H,28H2,1-3H3. The predicted octanol–water partition coefficient (Wildman–Crippen LogP) is 5.79. The molecule has 1 heterocycles. The molecule has 4 rings (SSSR count). The quantitative estimate of drug-likeness (QED) is 0.236. The maximum absolute atomic E-state index is 11.9. The molecular formula is C26H24BrN3O3. The van der Waals surface area contributed by atoms with Crippen LogP contribution in [0.1, 0.15) is 40.9 Å². The fourth-order valence-electron chi connectivity index (χ4n) is 3.75. The zero-order valence-electron chi connectivity index (χ0n) is 18.5. The Bertz CT molecular complexity index is 1370. The van der Waals surface area contributed by atoms with E-state index >= 15 is 0 Å². The van der Waals surface area contributed by atoms with Gasteiger partial charge in [-0.2, -0.15) is 0 Å². The van der Waals surface area contributed by atoms with Crippen molar-refractivity contribution in [3.8, 4) is 5.88 Å². The first-order valence-electron chi connectivity index (χ1n) is 10.4. The van der Waals surface area contributed by atoms with Crippen molar-refractivity contribution >= 4 is 44.2 Å². The number of carbonyl (C=O) groups is 1. The lowest BCUT2D eigenvalue weighted by Crippen LogP contribution is -2.28. The Hall–Kier alpha value is -3.42. The average Bonchev–Trinajstić information content (AvgIpc) is 3.11. The number of hydrogen-bond acceptors (Lipinski definition) is 5. The Kier molecular flexibility index (Phi) is 6.10. The highest BCUT2D eigenvalue weighted by molar-refractivity contribution is 9.10. The van der Waals surface area contributed by atoms with E-state index in [0.717, 1.165) is 21.0 Å². The van der Waals surface area contributed by atoms with Gasteiger partial charge in [0, 0.05) is 26.5 Å². The van der Waals surface area contributed by atoms with E-state index in [1.54, 1.807) is 18.2 Å². The monoisotopic (exact) mass is 505 g/mol. The number of H-pyrrole nitrogens is 1. The largest absolute Gasteiger partial charge is 0.494 e. The summed E-state index contributed by atoms with van der Waals surface area (Å²) in [5.74, 6) is -0.481. The van der Waals surface area contributed by atoms with Gasteiger partial charge < -0.3 is 20.6 Å². The highest BCUT2D eigenvalue weighted by Gasteiger charge is 2.21. The summed E-state index contributed by atoms with van der Waals surface area (Å²) in [6.45, 7) is 3.88. The molecule has 4 aromatic rings. The van der Waals surface area contributed by atoms with E-state index in [1.165, 1.54) is 7.11 Å². The molecule has 0 aliphatic heterocycles. The van der Waals surface area contributed by atoms with E-state index in [4.69, 9.17) is 15.5 Å². The zero-order valence-corrected chi connectivity index (χ0v) is 20.1. The molecule has 0 aliphatic rings. The van der Waals surface area contributed by atoms with Gasteiger partial charge in [0.2, 0.25) is 0 Å². The molecule has 7 heteroatoms. The van der Waals surface area contributed by atoms with E-state index in [9.17, 15) is 9.90 Å². The first kappa shape index (κ1) is 22.8. The summed E-state index contributed by atoms with van der Waals surface area (Å²) in [6, 6.07) is 20.5. The number of aromatic amines is 1. The molecule has 168 valence electrons. The van der Waals surface area contributed by atoms with Crippen LogP contribution in [-0.4, -0.2) is 28.9 Å². The van der Waals surface area contributed by atoms with E-state index < -0.39 is 11.5 Å². The third-order valence-corrected chi connectivity index (χ3v) is 6.03. The maximum Gasteiger partial charge on any atom is 0.337 e. The van der Waals surface area contributed by atoms with Gasteiger partial charge >= 0.3 is 5.97 Å². The van der Waals surface area contributed by atoms with Gasteiger partial charge in [-0.1, -0.05) is 58.4 Å². The number of ether oxygens (including phenoxy) is 1. The molecule has 0 unspecified atom stereocenters. The lowest BCUT2D eigenvalue weighted by molar-refractivity contribution is 0.0601. The fourth-order valence-corrected chi connectivity index (χ4v) is 4.63. The molecule has 6 nitrogen and oxygen atoms in total. The number of fused-ring (bicyclic) bond motifs is 1. The van der Waals surface area contributed by atoms with Crippen molar-refractivity contribution in [2.75, 3.05) is 7.11 Å². The van der Waals surface area contributed by atoms with Gasteiger partial charge in [-0.3, -0.25) is 0 Å². The molecule has 0 fully saturated rings. The second-order valence-corrected chi connectivity index (χ2v) is 9.17. The summed E-state index contributed by atoms with van der Waals surface area (Å²) in [5, 5.41) is 11.6. The number of nitrogens with zero attached hydrogens (tertiary/aromatic N) is 1. The summed E-state index contributed by atoms with van der Waals surface area (Å²) >= 11 is 3.61. The second-order valence-electron chi connectivity index (χ2n) is 8.31. The number of aromatic hydroxyl groups is 1. The van der Waals surface area contributed by atoms with E-state index in [-0.39, 0.29) is 5.88 Å². The van der Waals surface area contributed by atoms with E-state index in [1.807, 2.05) is 62.4 Å². The molecule has 0 bridgehead atoms. The van der Waals surface area contributed by atoms with Crippen LogP contribution in [0.25, 0.3) is 10.9 Å². The number of halogens is 1. The number of carbonyl (C=O) groups excluding carboxylic acids is 1. The molecule has 0 saturated carbocycles. The van der Waals surface area contributed by atoms with Crippen molar-refractivity contribution in [1.82, 2.24) is 4.98 Å². The minimum Gasteiger partial charge on any atom is -0.494 e. The van der Waals surface area contributed by atoms with Gasteiger partial charge in [0.1, 0.15) is 0 Å². The van der Waals surface area contributed by atoms with Crippen molar-refractivity contribution in [3.63, 3.8) is 0 Å². The maximum atomic E-state index is 11.9. The van der Waals surface area contributed by atoms with Crippen molar-refractivity contribution in [2.24, 2.45) is 10.7 Å². The van der Waals surface area contributed by atoms with Crippen LogP contribution in [0.2, 0.25) is 0 Å². The van der Waals surface area contributed by atoms with Crippen LogP contribution in [0.4, 0.5) is 5.69 Å². The summed E-state index contributed by atoms with van der Waals surface area (Å²) in [7, 11) is 1.33. The number of esters is 1. The fraction of sp³-hybridized carbons (Fsp3) is 0.154. The third kappa shape index (κ3) is 4.55. The van der Waals surface area contributed by atoms with Crippen molar-refractivity contribution in [3.05, 3.63) is 93.5 Å². The van der Waals surface area contributed by atoms with Crippen LogP contribution >= 0.6 is 15.9 Å². The lowest BCUT2D eigenvalue weighted by atomic mass is 9.95. The van der Waals surface area contributed by atoms with Gasteiger partial charge in [0.15, 0.2) is 5.88 Å². The number of nitrogens with one attached hydrogen (secondary N) is 1. The Balaban J connectivity index is 1.91. The van der Waals surface area contributed by atoms with Crippen LogP contribution in [0.3, 0.4) is 0 Å². The highest BCUT2D eigenvalue weighted by atomic mass is 79.9. The number of nitrogens with two attached hydrogens (primary N) is 1. The number of aliphatic imine (C=N–C) groups is 1. The molecule has 4 N–H and O–H groups in total. The highest BCUT2D eigenvalue weighted by Crippen LogP contribution is 2.34. The van der Waals surface area contributed by atoms with Crippen LogP contribution in [0.5, 0.6) is 5.88 Å². The zero-order chi connectivity index (χ0) is 23.8. The summed E-state index contributed by atoms with van der Waals surface area (Å²) < 4.78 is 5.67. The smallest absolute Gasteiger partial charge is 0.337 e. The van der Waals surface area contributed by atoms with Crippen LogP contribution in [-0.2, 0) is 10.3 Å². The number of methoxy groups -OCH3 is 1. The Morgan fingerprint density at radius 2 is 1.79 bits per heavy atom. The minimum atomic E-state index is -0.504. The molecule has 0 saturated heterocycles. The molecule has 0 spiro atoms. The molecule has 0 atom stereocenters. The van der Waals surface area contributed by atoms with Gasteiger partial charge in [0.25, 0.3) is 0 Å². The number of hydrogen-bond donors (Lipinski definition) is 3. The van der Waals surface area contributed by atoms with Gasteiger partial charge in [-0.15, -0.1) is 0 Å². The SMILES string of the molecule is COC(=O)c1ccc2c(C(=Nc3ccc(C(C)(C)N)c(Br)c3)c3ccccc3)c(O)[nH]c2c1. The minimum absolute atomic E-state index is 0.0339. The topological polar surface area (TPSA) is 101 Å². The number of rotatable bonds is 5. The summed E-state index contributed by atoms with van der Waals surface area (Å²) in [5.41, 5.74) is 10.4. The average molecular weight is 506 g/mol. The number of aromatic nitrogens is 1. The molecule has 0 amide bonds. The normalized spacial score (nSPS) is 12.2. The van der Waals surface area contributed by atoms with Crippen LogP contribution < -0.4 is 5.73 Å². The molecule has 1 aromatic heterocycles. The Morgan fingerprint density at radius 1 is 1.06 bits per heavy atom. The summed E-state index contributed by atoms with van der Waals surface area (Å²) in [6.07, 6.45) is 0. The van der Waals surface area contributed by atoms with Gasteiger partial charge in [-0.25, -0.2) is 9.79 Å². The molecule has 33 heavy (non-hydrogen) atoms. The van der Waals surface area contributed by atoms with Gasteiger partial charge in [-0.05, 0) is 43.7 Å². The first-order valence-corrected chi connectivity index (χ1v) is 11.1.